The molecule has 3 heterocycles. The molecule has 0 saturated heterocycles. The Morgan fingerprint density at radius 3 is 1.49 bits per heavy atom. The van der Waals surface area contributed by atoms with Crippen LogP contribution in [-0.4, -0.2) is 9.97 Å². The number of furan rings is 1. The van der Waals surface area contributed by atoms with Crippen LogP contribution in [0.5, 0.6) is 0 Å². The Bertz CT molecular complexity index is 2910. The van der Waals surface area contributed by atoms with E-state index in [0.717, 1.165) is 82.9 Å². The molecule has 3 aromatic heterocycles. The second-order valence-corrected chi connectivity index (χ2v) is 13.0. The van der Waals surface area contributed by atoms with Crippen LogP contribution in [0.25, 0.3) is 99.6 Å². The van der Waals surface area contributed by atoms with Crippen LogP contribution in [0.4, 0.5) is 0 Å². The number of para-hydroxylation sites is 1. The lowest BCUT2D eigenvalue weighted by Gasteiger charge is -2.10. The van der Waals surface area contributed by atoms with Crippen LogP contribution in [0.3, 0.4) is 0 Å². The minimum absolute atomic E-state index is 0.903. The third-order valence-electron chi connectivity index (χ3n) is 9.87. The van der Waals surface area contributed by atoms with Gasteiger partial charge in [0, 0.05) is 32.7 Å². The summed E-state index contributed by atoms with van der Waals surface area (Å²) in [7, 11) is 0. The monoisotopic (exact) mass is 650 g/mol. The molecule has 0 N–H and O–H groups in total. The standard InChI is InChI=1S/C48H30N2O/c1-2-8-31(9-3-1)36-10-6-11-37(28-36)38-12-7-13-40(29-38)44-26-23-35-21-20-34-22-25-43(49-47(34)48(35)50-44)33-18-16-32(17-19-33)39-24-27-46-42(30-39)41-14-4-5-15-45(41)51-46/h1-30H. The third kappa shape index (κ3) is 5.24. The number of hydrogen-bond acceptors (Lipinski definition) is 3. The molecule has 0 saturated carbocycles. The molecule has 0 aliphatic carbocycles. The maximum Gasteiger partial charge on any atom is 0.135 e. The predicted molar refractivity (Wildman–Crippen MR) is 212 cm³/mol. The quantitative estimate of drug-likeness (QED) is 0.174. The number of pyridine rings is 2. The highest BCUT2D eigenvalue weighted by Gasteiger charge is 2.12. The molecule has 7 aromatic carbocycles. The van der Waals surface area contributed by atoms with E-state index < -0.39 is 0 Å². The topological polar surface area (TPSA) is 38.9 Å². The van der Waals surface area contributed by atoms with Gasteiger partial charge in [-0.3, -0.25) is 0 Å². The fourth-order valence-corrected chi connectivity index (χ4v) is 7.20. The number of rotatable bonds is 5. The zero-order valence-corrected chi connectivity index (χ0v) is 27.6. The summed E-state index contributed by atoms with van der Waals surface area (Å²) >= 11 is 0. The van der Waals surface area contributed by atoms with E-state index in [4.69, 9.17) is 14.4 Å². The number of nitrogens with zero attached hydrogens (tertiary/aromatic N) is 2. The van der Waals surface area contributed by atoms with Gasteiger partial charge in [0.15, 0.2) is 0 Å². The molecule has 0 aliphatic rings. The zero-order valence-electron chi connectivity index (χ0n) is 27.6. The van der Waals surface area contributed by atoms with Crippen molar-refractivity contribution in [2.45, 2.75) is 0 Å². The molecule has 0 bridgehead atoms. The maximum absolute atomic E-state index is 6.05. The van der Waals surface area contributed by atoms with Gasteiger partial charge in [0.2, 0.25) is 0 Å². The first-order chi connectivity index (χ1) is 25.2. The molecule has 0 amide bonds. The smallest absolute Gasteiger partial charge is 0.135 e. The van der Waals surface area contributed by atoms with Crippen LogP contribution < -0.4 is 0 Å². The molecule has 51 heavy (non-hydrogen) atoms. The van der Waals surface area contributed by atoms with Crippen LogP contribution in [-0.2, 0) is 0 Å². The number of aromatic nitrogens is 2. The first kappa shape index (κ1) is 29.1. The fourth-order valence-electron chi connectivity index (χ4n) is 7.20. The summed E-state index contributed by atoms with van der Waals surface area (Å²) in [5, 5.41) is 4.41. The maximum atomic E-state index is 6.05. The fraction of sp³-hybridized carbons (Fsp3) is 0. The van der Waals surface area contributed by atoms with Crippen molar-refractivity contribution in [2.24, 2.45) is 0 Å². The highest BCUT2D eigenvalue weighted by atomic mass is 16.3. The molecule has 10 rings (SSSR count). The Morgan fingerprint density at radius 1 is 0.294 bits per heavy atom. The highest BCUT2D eigenvalue weighted by Crippen LogP contribution is 2.35. The lowest BCUT2D eigenvalue weighted by Crippen LogP contribution is -1.91. The van der Waals surface area contributed by atoms with Gasteiger partial charge in [0.05, 0.1) is 22.4 Å². The van der Waals surface area contributed by atoms with E-state index in [1.54, 1.807) is 0 Å². The lowest BCUT2D eigenvalue weighted by atomic mass is 9.97. The Kier molecular flexibility index (Phi) is 6.81. The predicted octanol–water partition coefficient (Wildman–Crippen LogP) is 13.0. The summed E-state index contributed by atoms with van der Waals surface area (Å²) in [5.41, 5.74) is 14.7. The Morgan fingerprint density at radius 2 is 0.765 bits per heavy atom. The second-order valence-electron chi connectivity index (χ2n) is 13.0. The molecule has 238 valence electrons. The number of fused-ring (bicyclic) bond motifs is 6. The molecule has 0 atom stereocenters. The summed E-state index contributed by atoms with van der Waals surface area (Å²) in [6.45, 7) is 0. The molecular weight excluding hydrogens is 621 g/mol. The van der Waals surface area contributed by atoms with Gasteiger partial charge in [0.25, 0.3) is 0 Å². The minimum Gasteiger partial charge on any atom is -0.456 e. The summed E-state index contributed by atoms with van der Waals surface area (Å²) in [6, 6.07) is 63.9. The van der Waals surface area contributed by atoms with E-state index in [1.807, 2.05) is 12.1 Å². The van der Waals surface area contributed by atoms with Crippen molar-refractivity contribution in [2.75, 3.05) is 0 Å². The summed E-state index contributed by atoms with van der Waals surface area (Å²) in [6.07, 6.45) is 0. The molecule has 0 radical (unpaired) electrons. The molecule has 10 aromatic rings. The SMILES string of the molecule is c1ccc(-c2cccc(-c3cccc(-c4ccc5ccc6ccc(-c7ccc(-c8ccc9oc%10ccccc%10c9c8)cc7)nc6c5n4)c3)c2)cc1. The van der Waals surface area contributed by atoms with E-state index in [9.17, 15) is 0 Å². The summed E-state index contributed by atoms with van der Waals surface area (Å²) in [4.78, 5) is 10.4. The summed E-state index contributed by atoms with van der Waals surface area (Å²) in [5.74, 6) is 0. The second kappa shape index (κ2) is 11.9. The molecular formula is C48H30N2O. The lowest BCUT2D eigenvalue weighted by molar-refractivity contribution is 0.669. The van der Waals surface area contributed by atoms with Crippen molar-refractivity contribution in [3.63, 3.8) is 0 Å². The van der Waals surface area contributed by atoms with Gasteiger partial charge in [0.1, 0.15) is 11.2 Å². The van der Waals surface area contributed by atoms with Gasteiger partial charge in [-0.1, -0.05) is 140 Å². The van der Waals surface area contributed by atoms with Crippen molar-refractivity contribution >= 4 is 43.7 Å². The normalized spacial score (nSPS) is 11.5. The Balaban J connectivity index is 0.993. The first-order valence-electron chi connectivity index (χ1n) is 17.2. The molecule has 0 unspecified atom stereocenters. The van der Waals surface area contributed by atoms with Crippen LogP contribution in [0.15, 0.2) is 186 Å². The molecule has 0 aliphatic heterocycles. The van der Waals surface area contributed by atoms with Gasteiger partial charge in [-0.25, -0.2) is 9.97 Å². The van der Waals surface area contributed by atoms with Crippen molar-refractivity contribution in [1.82, 2.24) is 9.97 Å². The van der Waals surface area contributed by atoms with E-state index in [0.29, 0.717) is 0 Å². The minimum atomic E-state index is 0.903. The van der Waals surface area contributed by atoms with Crippen molar-refractivity contribution < 1.29 is 4.42 Å². The van der Waals surface area contributed by atoms with Gasteiger partial charge in [-0.2, -0.15) is 0 Å². The number of benzene rings is 7. The highest BCUT2D eigenvalue weighted by molar-refractivity contribution is 6.06. The average molecular weight is 651 g/mol. The average Bonchev–Trinajstić information content (AvgIpc) is 3.59. The molecule has 3 heteroatoms. The first-order valence-corrected chi connectivity index (χ1v) is 17.2. The van der Waals surface area contributed by atoms with E-state index in [-0.39, 0.29) is 0 Å². The largest absolute Gasteiger partial charge is 0.456 e. The molecule has 0 spiro atoms. The molecule has 3 nitrogen and oxygen atoms in total. The van der Waals surface area contributed by atoms with Gasteiger partial charge in [-0.15, -0.1) is 0 Å². The van der Waals surface area contributed by atoms with Gasteiger partial charge >= 0.3 is 0 Å². The van der Waals surface area contributed by atoms with Crippen LogP contribution in [0.2, 0.25) is 0 Å². The van der Waals surface area contributed by atoms with Gasteiger partial charge in [-0.05, 0) is 75.8 Å². The van der Waals surface area contributed by atoms with Crippen LogP contribution >= 0.6 is 0 Å². The number of hydrogen-bond donors (Lipinski definition) is 0. The van der Waals surface area contributed by atoms with Gasteiger partial charge < -0.3 is 4.42 Å². The zero-order chi connectivity index (χ0) is 33.7. The summed E-state index contributed by atoms with van der Waals surface area (Å²) < 4.78 is 6.05. The van der Waals surface area contributed by atoms with E-state index in [1.165, 1.54) is 16.7 Å². The Hall–Kier alpha value is -6.84. The van der Waals surface area contributed by atoms with E-state index >= 15 is 0 Å². The molecule has 0 fully saturated rings. The van der Waals surface area contributed by atoms with Crippen molar-refractivity contribution in [3.8, 4) is 55.9 Å². The van der Waals surface area contributed by atoms with E-state index in [2.05, 4.69) is 170 Å². The van der Waals surface area contributed by atoms with Crippen LogP contribution in [0, 0.1) is 0 Å². The van der Waals surface area contributed by atoms with Crippen LogP contribution in [0.1, 0.15) is 0 Å². The van der Waals surface area contributed by atoms with Crippen molar-refractivity contribution in [3.05, 3.63) is 182 Å². The van der Waals surface area contributed by atoms with Crippen molar-refractivity contribution in [1.29, 1.82) is 0 Å². The third-order valence-corrected chi connectivity index (χ3v) is 9.87. The Labute approximate surface area is 295 Å².